The Morgan fingerprint density at radius 1 is 1.10 bits per heavy atom. The Balaban J connectivity index is 1.43. The zero-order chi connectivity index (χ0) is 21.0. The lowest BCUT2D eigenvalue weighted by molar-refractivity contribution is 0.346. The van der Waals surface area contributed by atoms with Gasteiger partial charge < -0.3 is 0 Å². The first-order valence-corrected chi connectivity index (χ1v) is 12.3. The molecule has 0 atom stereocenters. The van der Waals surface area contributed by atoms with E-state index in [1.54, 1.807) is 34.8 Å². The number of hydrogen-bond acceptors (Lipinski definition) is 6. The van der Waals surface area contributed by atoms with Crippen molar-refractivity contribution in [3.63, 3.8) is 0 Å². The molecule has 0 aliphatic carbocycles. The molecular weight excluding hydrogens is 440 g/mol. The van der Waals surface area contributed by atoms with Crippen LogP contribution in [0.4, 0.5) is 5.13 Å². The second-order valence-electron chi connectivity index (χ2n) is 6.95. The summed E-state index contributed by atoms with van der Waals surface area (Å²) in [4.78, 5) is 4.85. The molecule has 0 radical (unpaired) electrons. The molecule has 0 amide bonds. The summed E-state index contributed by atoms with van der Waals surface area (Å²) < 4.78 is 27.1. The van der Waals surface area contributed by atoms with E-state index in [1.165, 1.54) is 11.3 Å². The lowest BCUT2D eigenvalue weighted by atomic mass is 10.2. The summed E-state index contributed by atoms with van der Waals surface area (Å²) in [7, 11) is -3.42. The highest BCUT2D eigenvalue weighted by molar-refractivity contribution is 7.89. The van der Waals surface area contributed by atoms with Crippen molar-refractivity contribution in [1.29, 1.82) is 0 Å². The van der Waals surface area contributed by atoms with Crippen LogP contribution in [0.15, 0.2) is 63.9 Å². The van der Waals surface area contributed by atoms with Crippen molar-refractivity contribution < 1.29 is 8.42 Å². The normalized spacial score (nSPS) is 15.5. The topological polar surface area (TPSA) is 74.7 Å². The first-order chi connectivity index (χ1) is 14.5. The minimum absolute atomic E-state index is 0.327. The van der Waals surface area contributed by atoms with E-state index in [-0.39, 0.29) is 0 Å². The number of nitrogens with zero attached hydrogens (tertiary/aromatic N) is 3. The zero-order valence-electron chi connectivity index (χ0n) is 16.2. The lowest BCUT2D eigenvalue weighted by Crippen LogP contribution is -2.35. The average molecular weight is 461 g/mol. The van der Waals surface area contributed by atoms with E-state index in [2.05, 4.69) is 15.5 Å². The van der Waals surface area contributed by atoms with Gasteiger partial charge in [0.1, 0.15) is 0 Å². The standard InChI is InChI=1S/C21H21ClN4O2S2/c22-18-6-4-5-16(13-18)14-23-25-21-24-20(15-29-21)17-7-9-19(10-8-17)30(27,28)26-11-2-1-3-12-26/h4-10,13-15H,1-3,11-12H2,(H,24,25)/b23-14+. The van der Waals surface area contributed by atoms with Gasteiger partial charge in [0.25, 0.3) is 0 Å². The highest BCUT2D eigenvalue weighted by Gasteiger charge is 2.25. The van der Waals surface area contributed by atoms with Gasteiger partial charge in [-0.3, -0.25) is 5.43 Å². The second-order valence-corrected chi connectivity index (χ2v) is 10.2. The van der Waals surface area contributed by atoms with E-state index in [0.29, 0.717) is 28.1 Å². The SMILES string of the molecule is O=S(=O)(c1ccc(-c2csc(N/N=C/c3cccc(Cl)c3)n2)cc1)N1CCCCC1. The molecule has 1 N–H and O–H groups in total. The number of benzene rings is 2. The molecule has 6 nitrogen and oxygen atoms in total. The number of sulfonamides is 1. The number of halogens is 1. The minimum atomic E-state index is -3.42. The number of hydrazone groups is 1. The van der Waals surface area contributed by atoms with Crippen LogP contribution in [0.3, 0.4) is 0 Å². The van der Waals surface area contributed by atoms with E-state index >= 15 is 0 Å². The maximum atomic E-state index is 12.8. The number of aromatic nitrogens is 1. The van der Waals surface area contributed by atoms with Gasteiger partial charge in [0.15, 0.2) is 0 Å². The Labute approximate surface area is 185 Å². The first kappa shape index (κ1) is 21.0. The van der Waals surface area contributed by atoms with Gasteiger partial charge in [-0.05, 0) is 42.7 Å². The Morgan fingerprint density at radius 3 is 2.60 bits per heavy atom. The summed E-state index contributed by atoms with van der Waals surface area (Å²) >= 11 is 7.39. The van der Waals surface area contributed by atoms with E-state index in [1.807, 2.05) is 29.6 Å². The largest absolute Gasteiger partial charge is 0.253 e. The van der Waals surface area contributed by atoms with E-state index < -0.39 is 10.0 Å². The van der Waals surface area contributed by atoms with E-state index in [0.717, 1.165) is 36.1 Å². The van der Waals surface area contributed by atoms with Crippen molar-refractivity contribution in [3.05, 3.63) is 64.5 Å². The van der Waals surface area contributed by atoms with Gasteiger partial charge in [-0.15, -0.1) is 11.3 Å². The molecule has 0 bridgehead atoms. The highest BCUT2D eigenvalue weighted by Crippen LogP contribution is 2.27. The number of rotatable bonds is 6. The number of anilines is 1. The molecule has 9 heteroatoms. The monoisotopic (exact) mass is 460 g/mol. The molecule has 1 aromatic heterocycles. The van der Waals surface area contributed by atoms with Crippen molar-refractivity contribution in [1.82, 2.24) is 9.29 Å². The van der Waals surface area contributed by atoms with Crippen molar-refractivity contribution >= 4 is 44.3 Å². The van der Waals surface area contributed by atoms with Gasteiger partial charge >= 0.3 is 0 Å². The predicted octanol–water partition coefficient (Wildman–Crippen LogP) is 5.08. The third-order valence-corrected chi connectivity index (χ3v) is 7.72. The van der Waals surface area contributed by atoms with Crippen molar-refractivity contribution in [3.8, 4) is 11.3 Å². The summed E-state index contributed by atoms with van der Waals surface area (Å²) in [5.74, 6) is 0. The maximum Gasteiger partial charge on any atom is 0.243 e. The van der Waals surface area contributed by atoms with Crippen molar-refractivity contribution in [2.45, 2.75) is 24.2 Å². The minimum Gasteiger partial charge on any atom is -0.253 e. The van der Waals surface area contributed by atoms with Crippen molar-refractivity contribution in [2.24, 2.45) is 5.10 Å². The second kappa shape index (κ2) is 9.26. The molecule has 2 aromatic carbocycles. The molecule has 4 rings (SSSR count). The summed E-state index contributed by atoms with van der Waals surface area (Å²) in [6.45, 7) is 1.20. The molecule has 1 saturated heterocycles. The molecule has 0 unspecified atom stereocenters. The molecule has 3 aromatic rings. The van der Waals surface area contributed by atoms with Crippen LogP contribution < -0.4 is 5.43 Å². The molecule has 30 heavy (non-hydrogen) atoms. The van der Waals surface area contributed by atoms with Gasteiger partial charge in [0.05, 0.1) is 16.8 Å². The summed E-state index contributed by atoms with van der Waals surface area (Å²) in [6.07, 6.45) is 4.61. The van der Waals surface area contributed by atoms with Crippen LogP contribution in [0, 0.1) is 0 Å². The van der Waals surface area contributed by atoms with Gasteiger partial charge in [0.2, 0.25) is 15.2 Å². The average Bonchev–Trinajstić information content (AvgIpc) is 3.23. The number of piperidine rings is 1. The third kappa shape index (κ3) is 4.89. The fourth-order valence-electron chi connectivity index (χ4n) is 3.26. The van der Waals surface area contributed by atoms with Crippen LogP contribution in [0.5, 0.6) is 0 Å². The number of hydrogen-bond donors (Lipinski definition) is 1. The van der Waals surface area contributed by atoms with E-state index in [9.17, 15) is 8.42 Å². The van der Waals surface area contributed by atoms with Crippen LogP contribution in [-0.4, -0.2) is 37.0 Å². The Hall–Kier alpha value is -2.26. The summed E-state index contributed by atoms with van der Waals surface area (Å²) in [5.41, 5.74) is 5.42. The van der Waals surface area contributed by atoms with Crippen molar-refractivity contribution in [2.75, 3.05) is 18.5 Å². The first-order valence-electron chi connectivity index (χ1n) is 9.63. The lowest BCUT2D eigenvalue weighted by Gasteiger charge is -2.25. The van der Waals surface area contributed by atoms with E-state index in [4.69, 9.17) is 11.6 Å². The van der Waals surface area contributed by atoms with Crippen LogP contribution in [-0.2, 0) is 10.0 Å². The van der Waals surface area contributed by atoms with Gasteiger partial charge in [-0.1, -0.05) is 42.3 Å². The fourth-order valence-corrected chi connectivity index (χ4v) is 5.64. The highest BCUT2D eigenvalue weighted by atomic mass is 35.5. The molecule has 1 aliphatic rings. The fraction of sp³-hybridized carbons (Fsp3) is 0.238. The molecule has 2 heterocycles. The Bertz CT molecular complexity index is 1140. The van der Waals surface area contributed by atoms with Gasteiger partial charge in [-0.25, -0.2) is 13.4 Å². The molecule has 1 fully saturated rings. The van der Waals surface area contributed by atoms with Crippen LogP contribution >= 0.6 is 22.9 Å². The predicted molar refractivity (Wildman–Crippen MR) is 123 cm³/mol. The van der Waals surface area contributed by atoms with Crippen LogP contribution in [0.2, 0.25) is 5.02 Å². The summed E-state index contributed by atoms with van der Waals surface area (Å²) in [6, 6.07) is 14.3. The molecule has 0 saturated carbocycles. The molecule has 1 aliphatic heterocycles. The van der Waals surface area contributed by atoms with Crippen LogP contribution in [0.25, 0.3) is 11.3 Å². The number of thiazole rings is 1. The smallest absolute Gasteiger partial charge is 0.243 e. The summed E-state index contributed by atoms with van der Waals surface area (Å²) in [5, 5.41) is 7.40. The van der Waals surface area contributed by atoms with Gasteiger partial charge in [0, 0.05) is 29.1 Å². The third-order valence-electron chi connectivity index (χ3n) is 4.83. The number of nitrogens with one attached hydrogen (secondary N) is 1. The maximum absolute atomic E-state index is 12.8. The Morgan fingerprint density at radius 2 is 1.87 bits per heavy atom. The molecule has 156 valence electrons. The molecule has 0 spiro atoms. The quantitative estimate of drug-likeness (QED) is 0.411. The van der Waals surface area contributed by atoms with Gasteiger partial charge in [-0.2, -0.15) is 9.41 Å². The zero-order valence-corrected chi connectivity index (χ0v) is 18.6. The van der Waals surface area contributed by atoms with Crippen LogP contribution in [0.1, 0.15) is 24.8 Å². The Kier molecular flexibility index (Phi) is 6.48. The molecular formula is C21H21ClN4O2S2.